The Morgan fingerprint density at radius 1 is 1.24 bits per heavy atom. The predicted molar refractivity (Wildman–Crippen MR) is 82.8 cm³/mol. The molecule has 0 atom stereocenters. The molecule has 0 aliphatic carbocycles. The minimum Gasteiger partial charge on any atom is -0.356 e. The first-order valence-electron chi connectivity index (χ1n) is 6.04. The average molecular weight is 405 g/mol. The van der Waals surface area contributed by atoms with Crippen molar-refractivity contribution >= 4 is 50.0 Å². The summed E-state index contributed by atoms with van der Waals surface area (Å²) in [7, 11) is 0. The van der Waals surface area contributed by atoms with Crippen LogP contribution >= 0.6 is 38.5 Å². The van der Waals surface area contributed by atoms with Gasteiger partial charge in [0.2, 0.25) is 0 Å². The van der Waals surface area contributed by atoms with Crippen LogP contribution in [0, 0.1) is 3.57 Å². The van der Waals surface area contributed by atoms with E-state index in [4.69, 9.17) is 4.99 Å². The molecule has 3 rings (SSSR count). The van der Waals surface area contributed by atoms with Gasteiger partial charge in [-0.2, -0.15) is 0 Å². The minimum atomic E-state index is 1.04. The SMILES string of the molecule is Brc1cc(I)c2c(c1)N=C1CCCCCN1C2. The number of amidine groups is 1. The van der Waals surface area contributed by atoms with Crippen molar-refractivity contribution in [2.75, 3.05) is 6.54 Å². The minimum absolute atomic E-state index is 1.04. The third-order valence-electron chi connectivity index (χ3n) is 3.43. The molecule has 4 heteroatoms. The van der Waals surface area contributed by atoms with E-state index in [-0.39, 0.29) is 0 Å². The molecule has 2 aliphatic heterocycles. The number of hydrogen-bond acceptors (Lipinski definition) is 2. The summed E-state index contributed by atoms with van der Waals surface area (Å²) >= 11 is 5.97. The first-order valence-corrected chi connectivity index (χ1v) is 7.91. The van der Waals surface area contributed by atoms with Gasteiger partial charge in [0.1, 0.15) is 5.84 Å². The molecule has 1 aromatic carbocycles. The Balaban J connectivity index is 2.05. The highest BCUT2D eigenvalue weighted by atomic mass is 127. The van der Waals surface area contributed by atoms with Crippen molar-refractivity contribution < 1.29 is 0 Å². The molecule has 2 heterocycles. The predicted octanol–water partition coefficient (Wildman–Crippen LogP) is 4.47. The summed E-state index contributed by atoms with van der Waals surface area (Å²) in [6.45, 7) is 2.21. The summed E-state index contributed by atoms with van der Waals surface area (Å²) in [6.07, 6.45) is 5.08. The Kier molecular flexibility index (Phi) is 3.43. The number of benzene rings is 1. The Labute approximate surface area is 124 Å². The van der Waals surface area contributed by atoms with Crippen LogP contribution in [0.2, 0.25) is 0 Å². The fourth-order valence-corrected chi connectivity index (χ4v) is 4.18. The van der Waals surface area contributed by atoms with E-state index in [1.54, 1.807) is 0 Å². The fourth-order valence-electron chi connectivity index (χ4n) is 2.52. The fraction of sp³-hybridized carbons (Fsp3) is 0.462. The molecule has 17 heavy (non-hydrogen) atoms. The van der Waals surface area contributed by atoms with Crippen LogP contribution in [-0.4, -0.2) is 17.3 Å². The van der Waals surface area contributed by atoms with Gasteiger partial charge in [-0.3, -0.25) is 0 Å². The van der Waals surface area contributed by atoms with Crippen LogP contribution in [-0.2, 0) is 6.54 Å². The third kappa shape index (κ3) is 2.38. The number of nitrogens with zero attached hydrogens (tertiary/aromatic N) is 2. The average Bonchev–Trinajstić information content (AvgIpc) is 2.51. The molecule has 1 saturated heterocycles. The van der Waals surface area contributed by atoms with Gasteiger partial charge in [0, 0.05) is 33.1 Å². The molecule has 0 bridgehead atoms. The van der Waals surface area contributed by atoms with E-state index in [9.17, 15) is 0 Å². The van der Waals surface area contributed by atoms with Crippen molar-refractivity contribution in [2.45, 2.75) is 32.2 Å². The van der Waals surface area contributed by atoms with Gasteiger partial charge >= 0.3 is 0 Å². The van der Waals surface area contributed by atoms with Crippen LogP contribution in [0.3, 0.4) is 0 Å². The number of fused-ring (bicyclic) bond motifs is 2. The zero-order valence-electron chi connectivity index (χ0n) is 9.55. The zero-order chi connectivity index (χ0) is 11.8. The first-order chi connectivity index (χ1) is 8.24. The van der Waals surface area contributed by atoms with Crippen LogP contribution in [0.4, 0.5) is 5.69 Å². The van der Waals surface area contributed by atoms with Gasteiger partial charge in [-0.25, -0.2) is 4.99 Å². The van der Waals surface area contributed by atoms with Crippen LogP contribution < -0.4 is 0 Å². The van der Waals surface area contributed by atoms with Gasteiger partial charge in [-0.15, -0.1) is 0 Å². The molecular formula is C13H14BrIN2. The lowest BCUT2D eigenvalue weighted by atomic mass is 10.1. The molecule has 2 aliphatic rings. The van der Waals surface area contributed by atoms with E-state index in [1.807, 2.05) is 0 Å². The van der Waals surface area contributed by atoms with E-state index >= 15 is 0 Å². The van der Waals surface area contributed by atoms with E-state index in [0.29, 0.717) is 0 Å². The second kappa shape index (κ2) is 4.88. The normalized spacial score (nSPS) is 19.2. The van der Waals surface area contributed by atoms with Crippen molar-refractivity contribution in [3.8, 4) is 0 Å². The smallest absolute Gasteiger partial charge is 0.105 e. The highest BCUT2D eigenvalue weighted by Gasteiger charge is 2.22. The maximum Gasteiger partial charge on any atom is 0.105 e. The third-order valence-corrected chi connectivity index (χ3v) is 4.85. The zero-order valence-corrected chi connectivity index (χ0v) is 13.3. The molecule has 0 amide bonds. The number of rotatable bonds is 0. The monoisotopic (exact) mass is 404 g/mol. The second-order valence-electron chi connectivity index (χ2n) is 4.65. The van der Waals surface area contributed by atoms with Crippen LogP contribution in [0.25, 0.3) is 0 Å². The number of aliphatic imine (C=N–C) groups is 1. The van der Waals surface area contributed by atoms with E-state index < -0.39 is 0 Å². The second-order valence-corrected chi connectivity index (χ2v) is 6.72. The topological polar surface area (TPSA) is 15.6 Å². The Hall–Kier alpha value is -0.100. The van der Waals surface area contributed by atoms with E-state index in [0.717, 1.165) is 23.1 Å². The molecule has 0 spiro atoms. The van der Waals surface area contributed by atoms with Gasteiger partial charge in [-0.05, 0) is 47.6 Å². The van der Waals surface area contributed by atoms with Crippen LogP contribution in [0.1, 0.15) is 31.2 Å². The van der Waals surface area contributed by atoms with Crippen LogP contribution in [0.5, 0.6) is 0 Å². The largest absolute Gasteiger partial charge is 0.356 e. The lowest BCUT2D eigenvalue weighted by molar-refractivity contribution is 0.402. The van der Waals surface area contributed by atoms with Gasteiger partial charge in [0.25, 0.3) is 0 Å². The summed E-state index contributed by atoms with van der Waals surface area (Å²) in [6, 6.07) is 4.32. The highest BCUT2D eigenvalue weighted by Crippen LogP contribution is 2.34. The summed E-state index contributed by atoms with van der Waals surface area (Å²) in [5, 5.41) is 0. The van der Waals surface area contributed by atoms with E-state index in [1.165, 1.54) is 40.8 Å². The Morgan fingerprint density at radius 2 is 2.12 bits per heavy atom. The standard InChI is InChI=1S/C13H14BrIN2/c14-9-6-11(15)10-8-17-5-3-1-2-4-13(17)16-12(10)7-9/h6-7H,1-5,8H2. The molecule has 0 radical (unpaired) electrons. The Bertz CT molecular complexity index is 485. The van der Waals surface area contributed by atoms with Crippen molar-refractivity contribution in [2.24, 2.45) is 4.99 Å². The summed E-state index contributed by atoms with van der Waals surface area (Å²) in [5.74, 6) is 1.30. The quantitative estimate of drug-likeness (QED) is 0.582. The maximum atomic E-state index is 4.86. The maximum absolute atomic E-state index is 4.86. The molecular weight excluding hydrogens is 391 g/mol. The molecule has 2 nitrogen and oxygen atoms in total. The molecule has 0 saturated carbocycles. The van der Waals surface area contributed by atoms with E-state index in [2.05, 4.69) is 55.6 Å². The molecule has 1 fully saturated rings. The Morgan fingerprint density at radius 3 is 3.00 bits per heavy atom. The van der Waals surface area contributed by atoms with Crippen molar-refractivity contribution in [3.05, 3.63) is 25.7 Å². The summed E-state index contributed by atoms with van der Waals surface area (Å²) in [4.78, 5) is 7.32. The van der Waals surface area contributed by atoms with Gasteiger partial charge in [0.15, 0.2) is 0 Å². The van der Waals surface area contributed by atoms with Gasteiger partial charge in [-0.1, -0.05) is 22.4 Å². The van der Waals surface area contributed by atoms with Crippen LogP contribution in [0.15, 0.2) is 21.6 Å². The molecule has 0 unspecified atom stereocenters. The van der Waals surface area contributed by atoms with Crippen molar-refractivity contribution in [1.29, 1.82) is 0 Å². The lowest BCUT2D eigenvalue weighted by Crippen LogP contribution is -2.32. The summed E-state index contributed by atoms with van der Waals surface area (Å²) < 4.78 is 2.45. The molecule has 1 aromatic rings. The van der Waals surface area contributed by atoms with Gasteiger partial charge in [0.05, 0.1) is 5.69 Å². The molecule has 0 N–H and O–H groups in total. The number of halogens is 2. The molecule has 0 aromatic heterocycles. The summed E-state index contributed by atoms with van der Waals surface area (Å²) in [5.41, 5.74) is 2.55. The molecule has 90 valence electrons. The van der Waals surface area contributed by atoms with Crippen molar-refractivity contribution in [1.82, 2.24) is 4.90 Å². The van der Waals surface area contributed by atoms with Gasteiger partial charge < -0.3 is 4.90 Å². The lowest BCUT2D eigenvalue weighted by Gasteiger charge is -2.29. The first kappa shape index (κ1) is 12.0. The van der Waals surface area contributed by atoms with Crippen molar-refractivity contribution in [3.63, 3.8) is 0 Å². The number of hydrogen-bond donors (Lipinski definition) is 0. The highest BCUT2D eigenvalue weighted by molar-refractivity contribution is 14.1.